The molecule has 0 radical (unpaired) electrons. The van der Waals surface area contributed by atoms with E-state index in [1.165, 1.54) is 15.9 Å². The molecule has 3 rings (SSSR count). The van der Waals surface area contributed by atoms with Gasteiger partial charge in [0.25, 0.3) is 5.56 Å². The van der Waals surface area contributed by atoms with Crippen LogP contribution in [0.2, 0.25) is 0 Å². The highest BCUT2D eigenvalue weighted by atomic mass is 32.1. The fourth-order valence-electron chi connectivity index (χ4n) is 2.51. The molecule has 122 valence electrons. The second kappa shape index (κ2) is 6.72. The highest BCUT2D eigenvalue weighted by Gasteiger charge is 2.12. The van der Waals surface area contributed by atoms with E-state index in [2.05, 4.69) is 4.98 Å². The third kappa shape index (κ3) is 2.84. The number of methoxy groups -OCH3 is 2. The standard InChI is InChI=1S/C17H15N3O3S/c1-22-13-4-3-11(9-14(13)23-2)5-7-20-15(10-18)19-12-6-8-24-16(12)17(20)21/h3-4,6,8-9H,5,7H2,1-2H3. The number of rotatable bonds is 5. The topological polar surface area (TPSA) is 77.1 Å². The molecule has 0 saturated heterocycles. The van der Waals surface area contributed by atoms with Gasteiger partial charge in [-0.1, -0.05) is 6.07 Å². The van der Waals surface area contributed by atoms with E-state index in [-0.39, 0.29) is 11.4 Å². The maximum absolute atomic E-state index is 12.6. The monoisotopic (exact) mass is 341 g/mol. The Morgan fingerprint density at radius 3 is 2.75 bits per heavy atom. The van der Waals surface area contributed by atoms with Crippen molar-refractivity contribution in [3.8, 4) is 17.6 Å². The summed E-state index contributed by atoms with van der Waals surface area (Å²) in [6, 6.07) is 9.36. The fourth-order valence-corrected chi connectivity index (χ4v) is 3.29. The molecular formula is C17H15N3O3S. The van der Waals surface area contributed by atoms with Crippen molar-refractivity contribution in [2.24, 2.45) is 0 Å². The van der Waals surface area contributed by atoms with E-state index in [9.17, 15) is 10.1 Å². The van der Waals surface area contributed by atoms with Crippen molar-refractivity contribution in [2.75, 3.05) is 14.2 Å². The quantitative estimate of drug-likeness (QED) is 0.713. The molecule has 0 aliphatic carbocycles. The van der Waals surface area contributed by atoms with Gasteiger partial charge in [0.1, 0.15) is 10.8 Å². The summed E-state index contributed by atoms with van der Waals surface area (Å²) in [6.07, 6.45) is 0.577. The lowest BCUT2D eigenvalue weighted by Crippen LogP contribution is -2.24. The first-order chi connectivity index (χ1) is 11.7. The first-order valence-electron chi connectivity index (χ1n) is 7.27. The van der Waals surface area contributed by atoms with Crippen molar-refractivity contribution in [3.05, 3.63) is 51.4 Å². The number of hydrogen-bond acceptors (Lipinski definition) is 6. The SMILES string of the molecule is COc1ccc(CCn2c(C#N)nc3ccsc3c2=O)cc1OC. The second-order valence-electron chi connectivity index (χ2n) is 5.08. The average Bonchev–Trinajstić information content (AvgIpc) is 3.09. The first-order valence-corrected chi connectivity index (χ1v) is 8.15. The molecule has 0 bridgehead atoms. The first kappa shape index (κ1) is 16.0. The smallest absolute Gasteiger partial charge is 0.272 e. The molecule has 0 saturated carbocycles. The Labute approximate surface area is 142 Å². The summed E-state index contributed by atoms with van der Waals surface area (Å²) in [4.78, 5) is 16.8. The molecule has 24 heavy (non-hydrogen) atoms. The van der Waals surface area contributed by atoms with E-state index in [0.717, 1.165) is 5.56 Å². The number of hydrogen-bond donors (Lipinski definition) is 0. The van der Waals surface area contributed by atoms with Crippen LogP contribution in [0.25, 0.3) is 10.2 Å². The fraction of sp³-hybridized carbons (Fsp3) is 0.235. The zero-order valence-electron chi connectivity index (χ0n) is 13.3. The summed E-state index contributed by atoms with van der Waals surface area (Å²) in [5, 5.41) is 11.1. The van der Waals surface area contributed by atoms with Crippen molar-refractivity contribution >= 4 is 21.6 Å². The van der Waals surface area contributed by atoms with Gasteiger partial charge >= 0.3 is 0 Å². The number of aryl methyl sites for hydroxylation is 1. The van der Waals surface area contributed by atoms with Gasteiger partial charge in [0.05, 0.1) is 19.7 Å². The van der Waals surface area contributed by atoms with Gasteiger partial charge in [-0.3, -0.25) is 9.36 Å². The van der Waals surface area contributed by atoms with Gasteiger partial charge in [-0.2, -0.15) is 5.26 Å². The average molecular weight is 341 g/mol. The van der Waals surface area contributed by atoms with Crippen LogP contribution >= 0.6 is 11.3 Å². The maximum atomic E-state index is 12.6. The van der Waals surface area contributed by atoms with Gasteiger partial charge in [-0.15, -0.1) is 11.3 Å². The van der Waals surface area contributed by atoms with Crippen LogP contribution < -0.4 is 15.0 Å². The normalized spacial score (nSPS) is 10.5. The predicted octanol–water partition coefficient (Wildman–Crippen LogP) is 2.59. The van der Waals surface area contributed by atoms with Crippen LogP contribution in [0.1, 0.15) is 11.4 Å². The van der Waals surface area contributed by atoms with Crippen LogP contribution in [0.4, 0.5) is 0 Å². The number of thiophene rings is 1. The minimum atomic E-state index is -0.174. The van der Waals surface area contributed by atoms with Gasteiger partial charge < -0.3 is 9.47 Å². The lowest BCUT2D eigenvalue weighted by molar-refractivity contribution is 0.354. The lowest BCUT2D eigenvalue weighted by Gasteiger charge is -2.11. The molecule has 2 heterocycles. The van der Waals surface area contributed by atoms with Crippen LogP contribution in [-0.4, -0.2) is 23.8 Å². The summed E-state index contributed by atoms with van der Waals surface area (Å²) in [6.45, 7) is 0.373. The summed E-state index contributed by atoms with van der Waals surface area (Å²) >= 11 is 1.34. The lowest BCUT2D eigenvalue weighted by atomic mass is 10.1. The Balaban J connectivity index is 1.92. The van der Waals surface area contributed by atoms with Crippen LogP contribution in [0.3, 0.4) is 0 Å². The van der Waals surface area contributed by atoms with Crippen LogP contribution in [0.5, 0.6) is 11.5 Å². The second-order valence-corrected chi connectivity index (χ2v) is 5.99. The molecule has 0 aliphatic rings. The molecule has 2 aromatic heterocycles. The van der Waals surface area contributed by atoms with Crippen molar-refractivity contribution in [1.29, 1.82) is 5.26 Å². The summed E-state index contributed by atoms with van der Waals surface area (Å²) in [5.74, 6) is 1.42. The molecule has 0 spiro atoms. The van der Waals surface area contributed by atoms with Gasteiger partial charge in [-0.25, -0.2) is 4.98 Å². The van der Waals surface area contributed by atoms with Crippen LogP contribution in [0, 0.1) is 11.3 Å². The summed E-state index contributed by atoms with van der Waals surface area (Å²) < 4.78 is 12.5. The number of fused-ring (bicyclic) bond motifs is 1. The Morgan fingerprint density at radius 1 is 1.25 bits per heavy atom. The molecule has 7 heteroatoms. The van der Waals surface area contributed by atoms with E-state index in [1.807, 2.05) is 24.3 Å². The van der Waals surface area contributed by atoms with E-state index in [1.54, 1.807) is 25.7 Å². The zero-order chi connectivity index (χ0) is 17.1. The molecule has 0 aliphatic heterocycles. The van der Waals surface area contributed by atoms with Gasteiger partial charge in [0, 0.05) is 6.54 Å². The number of aromatic nitrogens is 2. The minimum Gasteiger partial charge on any atom is -0.493 e. The van der Waals surface area contributed by atoms with E-state index in [0.29, 0.717) is 34.7 Å². The molecule has 0 atom stereocenters. The highest BCUT2D eigenvalue weighted by molar-refractivity contribution is 7.17. The largest absolute Gasteiger partial charge is 0.493 e. The number of ether oxygens (including phenoxy) is 2. The van der Waals surface area contributed by atoms with Crippen molar-refractivity contribution < 1.29 is 9.47 Å². The molecule has 3 aromatic rings. The van der Waals surface area contributed by atoms with Gasteiger partial charge in [-0.05, 0) is 35.6 Å². The Kier molecular flexibility index (Phi) is 4.49. The zero-order valence-corrected chi connectivity index (χ0v) is 14.1. The molecular weight excluding hydrogens is 326 g/mol. The molecule has 1 aromatic carbocycles. The van der Waals surface area contributed by atoms with Gasteiger partial charge in [0.15, 0.2) is 11.5 Å². The summed E-state index contributed by atoms with van der Waals surface area (Å²) in [5.41, 5.74) is 1.38. The number of nitrogens with zero attached hydrogens (tertiary/aromatic N) is 3. The van der Waals surface area contributed by atoms with E-state index < -0.39 is 0 Å². The summed E-state index contributed by atoms with van der Waals surface area (Å²) in [7, 11) is 3.16. The van der Waals surface area contributed by atoms with E-state index in [4.69, 9.17) is 9.47 Å². The molecule has 6 nitrogen and oxygen atoms in total. The predicted molar refractivity (Wildman–Crippen MR) is 91.8 cm³/mol. The van der Waals surface area contributed by atoms with E-state index >= 15 is 0 Å². The van der Waals surface area contributed by atoms with Crippen molar-refractivity contribution in [3.63, 3.8) is 0 Å². The van der Waals surface area contributed by atoms with Crippen molar-refractivity contribution in [2.45, 2.75) is 13.0 Å². The number of nitriles is 1. The Morgan fingerprint density at radius 2 is 2.04 bits per heavy atom. The minimum absolute atomic E-state index is 0.131. The molecule has 0 amide bonds. The number of benzene rings is 1. The van der Waals surface area contributed by atoms with Gasteiger partial charge in [0.2, 0.25) is 5.82 Å². The maximum Gasteiger partial charge on any atom is 0.272 e. The molecule has 0 fully saturated rings. The molecule has 0 N–H and O–H groups in total. The highest BCUT2D eigenvalue weighted by Crippen LogP contribution is 2.27. The van der Waals surface area contributed by atoms with Crippen LogP contribution in [-0.2, 0) is 13.0 Å². The third-order valence-corrected chi connectivity index (χ3v) is 4.63. The Bertz CT molecular complexity index is 985. The van der Waals surface area contributed by atoms with Crippen LogP contribution in [0.15, 0.2) is 34.4 Å². The third-order valence-electron chi connectivity index (χ3n) is 3.74. The molecule has 0 unspecified atom stereocenters. The Hall–Kier alpha value is -2.85. The van der Waals surface area contributed by atoms with Crippen molar-refractivity contribution in [1.82, 2.24) is 9.55 Å².